The topological polar surface area (TPSA) is 103 Å². The summed E-state index contributed by atoms with van der Waals surface area (Å²) in [5.41, 5.74) is 1.87. The number of carbonyl (C=O) groups is 1. The molecule has 10 heteroatoms. The SMILES string of the molecule is CCOC(=O)CCCOc1cc2ncc(C#N)c(Nc3cc(OC)c(Cl)cc3Cl)c2cc1OC. The molecule has 0 bridgehead atoms. The molecule has 0 aliphatic heterocycles. The molecule has 1 N–H and O–H groups in total. The molecule has 34 heavy (non-hydrogen) atoms. The van der Waals surface area contributed by atoms with Gasteiger partial charge in [-0.05, 0) is 25.5 Å². The Kier molecular flexibility index (Phi) is 8.63. The molecule has 3 aromatic rings. The number of pyridine rings is 1. The Balaban J connectivity index is 1.95. The van der Waals surface area contributed by atoms with Gasteiger partial charge in [-0.25, -0.2) is 0 Å². The number of anilines is 2. The van der Waals surface area contributed by atoms with Crippen LogP contribution < -0.4 is 19.5 Å². The maximum Gasteiger partial charge on any atom is 0.305 e. The predicted octanol–water partition coefficient (Wildman–Crippen LogP) is 5.90. The van der Waals surface area contributed by atoms with Gasteiger partial charge in [-0.3, -0.25) is 9.78 Å². The summed E-state index contributed by atoms with van der Waals surface area (Å²) >= 11 is 12.5. The number of rotatable bonds is 10. The Hall–Kier alpha value is -3.41. The fourth-order valence-electron chi connectivity index (χ4n) is 3.24. The Bertz CT molecular complexity index is 1240. The first kappa shape index (κ1) is 25.2. The van der Waals surface area contributed by atoms with E-state index in [0.29, 0.717) is 74.8 Å². The summed E-state index contributed by atoms with van der Waals surface area (Å²) in [6, 6.07) is 8.79. The Labute approximate surface area is 207 Å². The van der Waals surface area contributed by atoms with Crippen LogP contribution in [-0.4, -0.2) is 38.4 Å². The average Bonchev–Trinajstić information content (AvgIpc) is 2.83. The molecule has 0 atom stereocenters. The first-order valence-electron chi connectivity index (χ1n) is 10.4. The van der Waals surface area contributed by atoms with E-state index in [2.05, 4.69) is 16.4 Å². The van der Waals surface area contributed by atoms with Crippen molar-refractivity contribution in [3.63, 3.8) is 0 Å². The van der Waals surface area contributed by atoms with Crippen molar-refractivity contribution in [3.05, 3.63) is 46.1 Å². The molecule has 0 aliphatic carbocycles. The number of hydrogen-bond acceptors (Lipinski definition) is 8. The molecule has 0 fully saturated rings. The lowest BCUT2D eigenvalue weighted by Crippen LogP contribution is -2.07. The Morgan fingerprint density at radius 1 is 1.09 bits per heavy atom. The Morgan fingerprint density at radius 2 is 1.85 bits per heavy atom. The zero-order valence-electron chi connectivity index (χ0n) is 18.9. The van der Waals surface area contributed by atoms with Gasteiger partial charge in [0.15, 0.2) is 11.5 Å². The number of benzene rings is 2. The van der Waals surface area contributed by atoms with Crippen molar-refractivity contribution in [2.75, 3.05) is 32.8 Å². The quantitative estimate of drug-likeness (QED) is 0.269. The third-order valence-corrected chi connectivity index (χ3v) is 5.47. The van der Waals surface area contributed by atoms with E-state index >= 15 is 0 Å². The first-order chi connectivity index (χ1) is 16.4. The molecule has 8 nitrogen and oxygen atoms in total. The fourth-order valence-corrected chi connectivity index (χ4v) is 3.75. The van der Waals surface area contributed by atoms with Gasteiger partial charge >= 0.3 is 5.97 Å². The van der Waals surface area contributed by atoms with Crippen molar-refractivity contribution in [2.24, 2.45) is 0 Å². The van der Waals surface area contributed by atoms with Crippen LogP contribution in [-0.2, 0) is 9.53 Å². The monoisotopic (exact) mass is 503 g/mol. The van der Waals surface area contributed by atoms with Crippen LogP contribution in [0.2, 0.25) is 10.0 Å². The fraction of sp³-hybridized carbons (Fsp3) is 0.292. The third-order valence-electron chi connectivity index (χ3n) is 4.86. The standard InChI is InChI=1S/C24H23Cl2N3O5/c1-4-33-23(30)6-5-7-34-22-10-18-15(8-21(22)32-3)24(14(12-27)13-28-18)29-19-11-20(31-2)17(26)9-16(19)25/h8-11,13H,4-7H2,1-3H3,(H,28,29). The maximum atomic E-state index is 11.5. The zero-order chi connectivity index (χ0) is 24.7. The summed E-state index contributed by atoms with van der Waals surface area (Å²) in [7, 11) is 3.02. The number of nitriles is 1. The number of halogens is 2. The van der Waals surface area contributed by atoms with Gasteiger partial charge in [0.2, 0.25) is 0 Å². The number of fused-ring (bicyclic) bond motifs is 1. The van der Waals surface area contributed by atoms with Gasteiger partial charge in [-0.2, -0.15) is 5.26 Å². The lowest BCUT2D eigenvalue weighted by atomic mass is 10.1. The van der Waals surface area contributed by atoms with Crippen LogP contribution in [0.25, 0.3) is 10.9 Å². The first-order valence-corrected chi connectivity index (χ1v) is 11.2. The number of nitrogens with zero attached hydrogens (tertiary/aromatic N) is 2. The van der Waals surface area contributed by atoms with Gasteiger partial charge in [0.05, 0.1) is 59.9 Å². The van der Waals surface area contributed by atoms with Gasteiger partial charge in [-0.15, -0.1) is 0 Å². The second kappa shape index (κ2) is 11.6. The minimum atomic E-state index is -0.268. The maximum absolute atomic E-state index is 11.5. The van der Waals surface area contributed by atoms with Crippen molar-refractivity contribution in [3.8, 4) is 23.3 Å². The van der Waals surface area contributed by atoms with Crippen LogP contribution in [0.1, 0.15) is 25.3 Å². The van der Waals surface area contributed by atoms with E-state index in [9.17, 15) is 10.1 Å². The average molecular weight is 504 g/mol. The molecular formula is C24H23Cl2N3O5. The molecule has 0 spiro atoms. The minimum Gasteiger partial charge on any atom is -0.495 e. The molecule has 0 saturated carbocycles. The van der Waals surface area contributed by atoms with E-state index in [4.69, 9.17) is 42.1 Å². The lowest BCUT2D eigenvalue weighted by Gasteiger charge is -2.16. The third kappa shape index (κ3) is 5.74. The van der Waals surface area contributed by atoms with Gasteiger partial charge in [0, 0.05) is 30.1 Å². The highest BCUT2D eigenvalue weighted by Crippen LogP contribution is 2.40. The highest BCUT2D eigenvalue weighted by atomic mass is 35.5. The summed E-state index contributed by atoms with van der Waals surface area (Å²) in [4.78, 5) is 15.9. The molecule has 1 aromatic heterocycles. The van der Waals surface area contributed by atoms with E-state index in [-0.39, 0.29) is 12.4 Å². The molecule has 0 amide bonds. The van der Waals surface area contributed by atoms with E-state index in [1.807, 2.05) is 0 Å². The number of methoxy groups -OCH3 is 2. The van der Waals surface area contributed by atoms with Crippen molar-refractivity contribution in [1.29, 1.82) is 5.26 Å². The summed E-state index contributed by atoms with van der Waals surface area (Å²) < 4.78 is 21.5. The minimum absolute atomic E-state index is 0.257. The van der Waals surface area contributed by atoms with E-state index in [1.54, 1.807) is 31.2 Å². The van der Waals surface area contributed by atoms with Gasteiger partial charge in [0.1, 0.15) is 11.8 Å². The number of esters is 1. The second-order valence-electron chi connectivity index (χ2n) is 7.03. The van der Waals surface area contributed by atoms with Crippen LogP contribution in [0.15, 0.2) is 30.5 Å². The van der Waals surface area contributed by atoms with Gasteiger partial charge < -0.3 is 24.3 Å². The summed E-state index contributed by atoms with van der Waals surface area (Å²) in [6.07, 6.45) is 2.21. The van der Waals surface area contributed by atoms with Crippen molar-refractivity contribution in [2.45, 2.75) is 19.8 Å². The highest BCUT2D eigenvalue weighted by molar-refractivity contribution is 6.37. The number of nitrogens with one attached hydrogen (secondary N) is 1. The second-order valence-corrected chi connectivity index (χ2v) is 7.84. The highest BCUT2D eigenvalue weighted by Gasteiger charge is 2.17. The molecule has 178 valence electrons. The number of hydrogen-bond donors (Lipinski definition) is 1. The molecule has 0 aliphatic rings. The smallest absolute Gasteiger partial charge is 0.305 e. The molecule has 3 rings (SSSR count). The van der Waals surface area contributed by atoms with E-state index < -0.39 is 0 Å². The zero-order valence-corrected chi connectivity index (χ0v) is 20.4. The van der Waals surface area contributed by atoms with Crippen molar-refractivity contribution in [1.82, 2.24) is 4.98 Å². The predicted molar refractivity (Wildman–Crippen MR) is 131 cm³/mol. The molecule has 1 heterocycles. The van der Waals surface area contributed by atoms with Gasteiger partial charge in [-0.1, -0.05) is 23.2 Å². The lowest BCUT2D eigenvalue weighted by molar-refractivity contribution is -0.143. The van der Waals surface area contributed by atoms with Crippen LogP contribution in [0, 0.1) is 11.3 Å². The van der Waals surface area contributed by atoms with Crippen molar-refractivity contribution >= 4 is 51.4 Å². The number of carbonyl (C=O) groups excluding carboxylic acids is 1. The Morgan fingerprint density at radius 3 is 2.53 bits per heavy atom. The van der Waals surface area contributed by atoms with Crippen LogP contribution in [0.4, 0.5) is 11.4 Å². The van der Waals surface area contributed by atoms with Crippen molar-refractivity contribution < 1.29 is 23.7 Å². The number of ether oxygens (including phenoxy) is 4. The van der Waals surface area contributed by atoms with E-state index in [0.717, 1.165) is 0 Å². The molecular weight excluding hydrogens is 481 g/mol. The largest absolute Gasteiger partial charge is 0.495 e. The molecule has 0 radical (unpaired) electrons. The number of aromatic nitrogens is 1. The summed E-state index contributed by atoms with van der Waals surface area (Å²) in [6.45, 7) is 2.40. The summed E-state index contributed by atoms with van der Waals surface area (Å²) in [5, 5.41) is 14.2. The molecule has 0 unspecified atom stereocenters. The van der Waals surface area contributed by atoms with Gasteiger partial charge in [0.25, 0.3) is 0 Å². The summed E-state index contributed by atoms with van der Waals surface area (Å²) in [5.74, 6) is 1.08. The van der Waals surface area contributed by atoms with Crippen LogP contribution >= 0.6 is 23.2 Å². The van der Waals surface area contributed by atoms with Crippen LogP contribution in [0.3, 0.4) is 0 Å². The molecule has 2 aromatic carbocycles. The molecule has 0 saturated heterocycles. The van der Waals surface area contributed by atoms with E-state index in [1.165, 1.54) is 20.4 Å². The van der Waals surface area contributed by atoms with Crippen LogP contribution in [0.5, 0.6) is 17.2 Å². The normalized spacial score (nSPS) is 10.5.